The summed E-state index contributed by atoms with van der Waals surface area (Å²) in [5.74, 6) is -4.76. The third kappa shape index (κ3) is 4.86. The second kappa shape index (κ2) is 6.51. The van der Waals surface area contributed by atoms with Crippen LogP contribution < -0.4 is 10.2 Å². The van der Waals surface area contributed by atoms with Crippen molar-refractivity contribution in [2.75, 3.05) is 0 Å². The summed E-state index contributed by atoms with van der Waals surface area (Å²) in [4.78, 5) is 32.6. The summed E-state index contributed by atoms with van der Waals surface area (Å²) in [6.07, 6.45) is 1.81. The van der Waals surface area contributed by atoms with Crippen LogP contribution in [-0.4, -0.2) is 34.7 Å². The molecule has 1 rings (SSSR count). The highest BCUT2D eigenvalue weighted by atomic mass is 16.5. The molecule has 1 N–H and O–H groups in total. The minimum Gasteiger partial charge on any atom is -0.550 e. The van der Waals surface area contributed by atoms with Gasteiger partial charge in [-0.25, -0.2) is 0 Å². The van der Waals surface area contributed by atoms with Gasteiger partial charge in [-0.3, -0.25) is 4.79 Å². The molecular formula is C12H16O7-2. The number of rotatable bonds is 6. The van der Waals surface area contributed by atoms with Gasteiger partial charge in [-0.1, -0.05) is 6.42 Å². The lowest BCUT2D eigenvalue weighted by atomic mass is 9.95. The second-order valence-electron chi connectivity index (χ2n) is 4.79. The van der Waals surface area contributed by atoms with Crippen LogP contribution in [0.2, 0.25) is 0 Å². The van der Waals surface area contributed by atoms with Gasteiger partial charge in [0.15, 0.2) is 0 Å². The fraction of sp³-hybridized carbons (Fsp3) is 0.750. The highest BCUT2D eigenvalue weighted by Crippen LogP contribution is 2.22. The average molecular weight is 272 g/mol. The standard InChI is InChI=1S/C12H18O7/c13-9(14)6-12(18,11(16)17)7-10(15)19-8-4-2-1-3-5-8/h8,18H,1-7H2,(H,13,14)(H,16,17)/p-2. The zero-order valence-corrected chi connectivity index (χ0v) is 10.4. The van der Waals surface area contributed by atoms with E-state index >= 15 is 0 Å². The first-order valence-corrected chi connectivity index (χ1v) is 6.16. The summed E-state index contributed by atoms with van der Waals surface area (Å²) in [5, 5.41) is 30.7. The zero-order valence-electron chi connectivity index (χ0n) is 10.4. The number of ether oxygens (including phenoxy) is 1. The summed E-state index contributed by atoms with van der Waals surface area (Å²) in [6.45, 7) is 0. The number of carbonyl (C=O) groups is 3. The first-order valence-electron chi connectivity index (χ1n) is 6.16. The number of aliphatic hydroxyl groups is 1. The van der Waals surface area contributed by atoms with Crippen LogP contribution in [0.4, 0.5) is 0 Å². The van der Waals surface area contributed by atoms with Crippen molar-refractivity contribution in [3.63, 3.8) is 0 Å². The molecule has 0 bridgehead atoms. The highest BCUT2D eigenvalue weighted by Gasteiger charge is 2.33. The molecule has 7 heteroatoms. The topological polar surface area (TPSA) is 127 Å². The maximum atomic E-state index is 11.5. The molecule has 0 saturated heterocycles. The summed E-state index contributed by atoms with van der Waals surface area (Å²) in [7, 11) is 0. The normalized spacial score (nSPS) is 19.4. The molecule has 19 heavy (non-hydrogen) atoms. The smallest absolute Gasteiger partial charge is 0.309 e. The molecule has 1 atom stereocenters. The fourth-order valence-corrected chi connectivity index (χ4v) is 2.09. The van der Waals surface area contributed by atoms with Gasteiger partial charge in [-0.15, -0.1) is 0 Å². The van der Waals surface area contributed by atoms with E-state index < -0.39 is 36.4 Å². The molecule has 1 saturated carbocycles. The van der Waals surface area contributed by atoms with Gasteiger partial charge in [0.1, 0.15) is 11.7 Å². The van der Waals surface area contributed by atoms with Crippen molar-refractivity contribution in [1.82, 2.24) is 0 Å². The molecule has 0 heterocycles. The van der Waals surface area contributed by atoms with Crippen LogP contribution in [0.25, 0.3) is 0 Å². The Hall–Kier alpha value is -1.63. The van der Waals surface area contributed by atoms with Crippen LogP contribution in [0.3, 0.4) is 0 Å². The first-order chi connectivity index (χ1) is 8.83. The van der Waals surface area contributed by atoms with Gasteiger partial charge in [0.05, 0.1) is 12.4 Å². The molecule has 7 nitrogen and oxygen atoms in total. The van der Waals surface area contributed by atoms with Crippen molar-refractivity contribution in [2.24, 2.45) is 0 Å². The molecule has 1 aliphatic rings. The Morgan fingerprint density at radius 2 is 1.68 bits per heavy atom. The Morgan fingerprint density at radius 1 is 1.11 bits per heavy atom. The van der Waals surface area contributed by atoms with Gasteiger partial charge in [-0.05, 0) is 25.7 Å². The molecule has 1 fully saturated rings. The SMILES string of the molecule is O=C([O-])CC(O)(CC(=O)OC1CCCCC1)C(=O)[O-]. The van der Waals surface area contributed by atoms with E-state index in [1.54, 1.807) is 0 Å². The molecule has 0 spiro atoms. The van der Waals surface area contributed by atoms with Gasteiger partial charge in [0, 0.05) is 12.4 Å². The van der Waals surface area contributed by atoms with Crippen LogP contribution in [-0.2, 0) is 19.1 Å². The van der Waals surface area contributed by atoms with E-state index in [0.29, 0.717) is 12.8 Å². The highest BCUT2D eigenvalue weighted by molar-refractivity contribution is 5.87. The molecule has 0 aromatic rings. The van der Waals surface area contributed by atoms with Crippen molar-refractivity contribution in [3.8, 4) is 0 Å². The Morgan fingerprint density at radius 3 is 2.16 bits per heavy atom. The minimum atomic E-state index is -2.79. The van der Waals surface area contributed by atoms with Crippen molar-refractivity contribution >= 4 is 17.9 Å². The number of hydrogen-bond donors (Lipinski definition) is 1. The lowest BCUT2D eigenvalue weighted by Gasteiger charge is -2.30. The number of esters is 1. The molecule has 0 amide bonds. The summed E-state index contributed by atoms with van der Waals surface area (Å²) in [5.41, 5.74) is -2.79. The van der Waals surface area contributed by atoms with Gasteiger partial charge < -0.3 is 29.6 Å². The third-order valence-corrected chi connectivity index (χ3v) is 3.10. The summed E-state index contributed by atoms with van der Waals surface area (Å²) >= 11 is 0. The van der Waals surface area contributed by atoms with Crippen LogP contribution in [0.5, 0.6) is 0 Å². The lowest BCUT2D eigenvalue weighted by Crippen LogP contribution is -2.53. The number of carboxylic acid groups (broad SMARTS) is 2. The van der Waals surface area contributed by atoms with Gasteiger partial charge >= 0.3 is 5.97 Å². The first kappa shape index (κ1) is 15.4. The Labute approximate surface area is 110 Å². The number of carbonyl (C=O) groups excluding carboxylic acids is 3. The number of carboxylic acids is 2. The maximum absolute atomic E-state index is 11.5. The van der Waals surface area contributed by atoms with E-state index in [9.17, 15) is 29.7 Å². The Kier molecular flexibility index (Phi) is 5.29. The van der Waals surface area contributed by atoms with Crippen molar-refractivity contribution < 1.29 is 34.4 Å². The van der Waals surface area contributed by atoms with Crippen LogP contribution in [0, 0.1) is 0 Å². The zero-order chi connectivity index (χ0) is 14.5. The third-order valence-electron chi connectivity index (χ3n) is 3.10. The predicted octanol–water partition coefficient (Wildman–Crippen LogP) is -2.13. The molecule has 1 aliphatic carbocycles. The molecule has 108 valence electrons. The van der Waals surface area contributed by atoms with E-state index in [1.165, 1.54) is 0 Å². The number of aliphatic carboxylic acids is 2. The monoisotopic (exact) mass is 272 g/mol. The van der Waals surface area contributed by atoms with Gasteiger partial charge in [0.25, 0.3) is 0 Å². The molecule has 0 aliphatic heterocycles. The predicted molar refractivity (Wildman–Crippen MR) is 57.2 cm³/mol. The number of hydrogen-bond acceptors (Lipinski definition) is 7. The van der Waals surface area contributed by atoms with Crippen LogP contribution in [0.15, 0.2) is 0 Å². The average Bonchev–Trinajstić information content (AvgIpc) is 2.28. The molecule has 0 aromatic carbocycles. The van der Waals surface area contributed by atoms with Crippen LogP contribution in [0.1, 0.15) is 44.9 Å². The fourth-order valence-electron chi connectivity index (χ4n) is 2.09. The second-order valence-corrected chi connectivity index (χ2v) is 4.79. The van der Waals surface area contributed by atoms with Crippen molar-refractivity contribution in [3.05, 3.63) is 0 Å². The van der Waals surface area contributed by atoms with Crippen molar-refractivity contribution in [2.45, 2.75) is 56.7 Å². The molecule has 0 aromatic heterocycles. The molecule has 0 radical (unpaired) electrons. The van der Waals surface area contributed by atoms with E-state index in [2.05, 4.69) is 0 Å². The van der Waals surface area contributed by atoms with Gasteiger partial charge in [0.2, 0.25) is 0 Å². The van der Waals surface area contributed by atoms with E-state index in [-0.39, 0.29) is 6.10 Å². The van der Waals surface area contributed by atoms with E-state index in [1.807, 2.05) is 0 Å². The van der Waals surface area contributed by atoms with Crippen molar-refractivity contribution in [1.29, 1.82) is 0 Å². The Bertz CT molecular complexity index is 359. The van der Waals surface area contributed by atoms with E-state index in [4.69, 9.17) is 4.74 Å². The Balaban J connectivity index is 2.55. The largest absolute Gasteiger partial charge is 0.550 e. The maximum Gasteiger partial charge on any atom is 0.309 e. The molecular weight excluding hydrogens is 256 g/mol. The van der Waals surface area contributed by atoms with E-state index in [0.717, 1.165) is 19.3 Å². The van der Waals surface area contributed by atoms with Gasteiger partial charge in [-0.2, -0.15) is 0 Å². The van der Waals surface area contributed by atoms with Crippen LogP contribution >= 0.6 is 0 Å². The summed E-state index contributed by atoms with van der Waals surface area (Å²) < 4.78 is 5.02. The lowest BCUT2D eigenvalue weighted by molar-refractivity contribution is -0.333. The quantitative estimate of drug-likeness (QED) is 0.547. The molecule has 1 unspecified atom stereocenters. The summed E-state index contributed by atoms with van der Waals surface area (Å²) in [6, 6.07) is 0. The minimum absolute atomic E-state index is 0.296.